The van der Waals surface area contributed by atoms with E-state index in [9.17, 15) is 9.59 Å². The van der Waals surface area contributed by atoms with Gasteiger partial charge in [-0.05, 0) is 42.9 Å². The summed E-state index contributed by atoms with van der Waals surface area (Å²) >= 11 is 0. The normalized spacial score (nSPS) is 21.0. The van der Waals surface area contributed by atoms with Gasteiger partial charge in [0.1, 0.15) is 5.76 Å². The van der Waals surface area contributed by atoms with Crippen LogP contribution in [0.3, 0.4) is 0 Å². The third-order valence-corrected chi connectivity index (χ3v) is 5.78. The van der Waals surface area contributed by atoms with Gasteiger partial charge in [0.05, 0.1) is 18.7 Å². The molecule has 2 fully saturated rings. The highest BCUT2D eigenvalue weighted by Crippen LogP contribution is 2.26. The van der Waals surface area contributed by atoms with Gasteiger partial charge in [-0.15, -0.1) is 0 Å². The Balaban J connectivity index is 1.27. The number of hydrogen-bond donors (Lipinski definition) is 0. The van der Waals surface area contributed by atoms with Crippen LogP contribution >= 0.6 is 0 Å². The second-order valence-electron chi connectivity index (χ2n) is 7.71. The Morgan fingerprint density at radius 2 is 1.85 bits per heavy atom. The molecule has 0 radical (unpaired) electrons. The molecule has 2 amide bonds. The first-order valence-corrected chi connectivity index (χ1v) is 9.82. The summed E-state index contributed by atoms with van der Waals surface area (Å²) in [6.45, 7) is 2.56. The third kappa shape index (κ3) is 4.24. The lowest BCUT2D eigenvalue weighted by molar-refractivity contribution is -0.137. The van der Waals surface area contributed by atoms with Crippen LogP contribution in [0.4, 0.5) is 0 Å². The number of likely N-dealkylation sites (tertiary alicyclic amines) is 2. The topological polar surface area (TPSA) is 53.8 Å². The van der Waals surface area contributed by atoms with Gasteiger partial charge in [0.15, 0.2) is 0 Å². The fraction of sp³-hybridized carbons (Fsp3) is 0.455. The van der Waals surface area contributed by atoms with E-state index in [0.29, 0.717) is 25.4 Å². The third-order valence-electron chi connectivity index (χ3n) is 5.78. The lowest BCUT2D eigenvalue weighted by atomic mass is 9.89. The average Bonchev–Trinajstić information content (AvgIpc) is 3.33. The van der Waals surface area contributed by atoms with E-state index in [4.69, 9.17) is 4.42 Å². The molecule has 2 aromatic rings. The van der Waals surface area contributed by atoms with Crippen molar-refractivity contribution in [2.75, 3.05) is 19.6 Å². The van der Waals surface area contributed by atoms with Crippen LogP contribution in [0.25, 0.3) is 0 Å². The maximum absolute atomic E-state index is 12.9. The summed E-state index contributed by atoms with van der Waals surface area (Å²) in [6.07, 6.45) is 5.10. The van der Waals surface area contributed by atoms with Crippen LogP contribution in [-0.4, -0.2) is 41.2 Å². The van der Waals surface area contributed by atoms with Crippen molar-refractivity contribution in [2.45, 2.75) is 32.2 Å². The van der Waals surface area contributed by atoms with Crippen molar-refractivity contribution in [1.29, 1.82) is 0 Å². The monoisotopic (exact) mass is 366 g/mol. The number of rotatable bonds is 5. The van der Waals surface area contributed by atoms with Crippen molar-refractivity contribution >= 4 is 11.8 Å². The molecular weight excluding hydrogens is 340 g/mol. The van der Waals surface area contributed by atoms with E-state index in [1.165, 1.54) is 5.56 Å². The molecule has 1 aromatic heterocycles. The number of carbonyl (C=O) groups excluding carboxylic acids is 2. The number of benzene rings is 1. The summed E-state index contributed by atoms with van der Waals surface area (Å²) in [5.74, 6) is 1.38. The molecule has 0 saturated carbocycles. The van der Waals surface area contributed by atoms with Crippen LogP contribution in [0, 0.1) is 11.8 Å². The SMILES string of the molecule is O=C1C[C@@H](C(=O)N2CCC(Cc3ccccc3)CC2)CN1Cc1ccco1. The summed E-state index contributed by atoms with van der Waals surface area (Å²) in [4.78, 5) is 28.9. The van der Waals surface area contributed by atoms with Crippen LogP contribution in [-0.2, 0) is 22.6 Å². The van der Waals surface area contributed by atoms with Crippen molar-refractivity contribution in [3.63, 3.8) is 0 Å². The molecule has 5 nitrogen and oxygen atoms in total. The molecule has 0 N–H and O–H groups in total. The number of carbonyl (C=O) groups is 2. The molecule has 4 rings (SSSR count). The van der Waals surface area contributed by atoms with Gasteiger partial charge in [0.25, 0.3) is 0 Å². The van der Waals surface area contributed by atoms with Crippen LogP contribution in [0.15, 0.2) is 53.1 Å². The number of hydrogen-bond acceptors (Lipinski definition) is 3. The van der Waals surface area contributed by atoms with E-state index >= 15 is 0 Å². The first-order valence-electron chi connectivity index (χ1n) is 9.82. The molecule has 0 bridgehead atoms. The fourth-order valence-corrected chi connectivity index (χ4v) is 4.24. The van der Waals surface area contributed by atoms with Gasteiger partial charge in [-0.1, -0.05) is 30.3 Å². The Hall–Kier alpha value is -2.56. The molecule has 0 spiro atoms. The van der Waals surface area contributed by atoms with Gasteiger partial charge in [-0.25, -0.2) is 0 Å². The highest BCUT2D eigenvalue weighted by molar-refractivity contribution is 5.89. The van der Waals surface area contributed by atoms with E-state index in [2.05, 4.69) is 24.3 Å². The van der Waals surface area contributed by atoms with Crippen molar-refractivity contribution < 1.29 is 14.0 Å². The predicted octanol–water partition coefficient (Wildman–Crippen LogP) is 3.11. The average molecular weight is 366 g/mol. The van der Waals surface area contributed by atoms with E-state index in [1.54, 1.807) is 11.2 Å². The molecule has 0 aliphatic carbocycles. The lowest BCUT2D eigenvalue weighted by Crippen LogP contribution is -2.42. The highest BCUT2D eigenvalue weighted by Gasteiger charge is 2.37. The summed E-state index contributed by atoms with van der Waals surface area (Å²) in [7, 11) is 0. The lowest BCUT2D eigenvalue weighted by Gasteiger charge is -2.33. The molecule has 27 heavy (non-hydrogen) atoms. The van der Waals surface area contributed by atoms with Gasteiger partial charge >= 0.3 is 0 Å². The molecule has 2 aliphatic rings. The number of piperidine rings is 1. The molecule has 0 unspecified atom stereocenters. The Morgan fingerprint density at radius 1 is 1.07 bits per heavy atom. The second-order valence-corrected chi connectivity index (χ2v) is 7.71. The quantitative estimate of drug-likeness (QED) is 0.817. The Bertz CT molecular complexity index is 764. The smallest absolute Gasteiger partial charge is 0.227 e. The summed E-state index contributed by atoms with van der Waals surface area (Å²) in [5.41, 5.74) is 1.37. The van der Waals surface area contributed by atoms with Crippen molar-refractivity contribution in [1.82, 2.24) is 9.80 Å². The summed E-state index contributed by atoms with van der Waals surface area (Å²) < 4.78 is 5.33. The number of nitrogens with zero attached hydrogens (tertiary/aromatic N) is 2. The van der Waals surface area contributed by atoms with Crippen LogP contribution in [0.5, 0.6) is 0 Å². The van der Waals surface area contributed by atoms with Gasteiger partial charge < -0.3 is 14.2 Å². The van der Waals surface area contributed by atoms with Crippen molar-refractivity contribution in [3.05, 3.63) is 60.1 Å². The minimum absolute atomic E-state index is 0.0451. The van der Waals surface area contributed by atoms with Crippen LogP contribution < -0.4 is 0 Å². The van der Waals surface area contributed by atoms with Crippen LogP contribution in [0.1, 0.15) is 30.6 Å². The Labute approximate surface area is 159 Å². The fourth-order valence-electron chi connectivity index (χ4n) is 4.24. The first kappa shape index (κ1) is 17.8. The van der Waals surface area contributed by atoms with E-state index in [-0.39, 0.29) is 17.7 Å². The van der Waals surface area contributed by atoms with Gasteiger partial charge in [0, 0.05) is 26.1 Å². The highest BCUT2D eigenvalue weighted by atomic mass is 16.3. The zero-order chi connectivity index (χ0) is 18.6. The zero-order valence-corrected chi connectivity index (χ0v) is 15.5. The van der Waals surface area contributed by atoms with Crippen LogP contribution in [0.2, 0.25) is 0 Å². The molecule has 1 atom stereocenters. The van der Waals surface area contributed by atoms with Crippen molar-refractivity contribution in [2.24, 2.45) is 11.8 Å². The number of amides is 2. The summed E-state index contributed by atoms with van der Waals surface area (Å²) in [5, 5.41) is 0. The van der Waals surface area contributed by atoms with Gasteiger partial charge in [0.2, 0.25) is 11.8 Å². The molecule has 1 aromatic carbocycles. The molecule has 5 heteroatoms. The van der Waals surface area contributed by atoms with E-state index in [1.807, 2.05) is 23.1 Å². The summed E-state index contributed by atoms with van der Waals surface area (Å²) in [6, 6.07) is 14.2. The maximum atomic E-state index is 12.9. The van der Waals surface area contributed by atoms with Gasteiger partial charge in [-0.3, -0.25) is 9.59 Å². The molecule has 2 saturated heterocycles. The second kappa shape index (κ2) is 7.99. The zero-order valence-electron chi connectivity index (χ0n) is 15.5. The first-order chi connectivity index (χ1) is 13.2. The van der Waals surface area contributed by atoms with Crippen molar-refractivity contribution in [3.8, 4) is 0 Å². The van der Waals surface area contributed by atoms with E-state index < -0.39 is 0 Å². The molecule has 3 heterocycles. The molecule has 2 aliphatic heterocycles. The van der Waals surface area contributed by atoms with E-state index in [0.717, 1.165) is 38.1 Å². The van der Waals surface area contributed by atoms with Gasteiger partial charge in [-0.2, -0.15) is 0 Å². The standard InChI is InChI=1S/C22H26N2O3/c25-21-14-19(15-24(21)16-20-7-4-12-27-20)22(26)23-10-8-18(9-11-23)13-17-5-2-1-3-6-17/h1-7,12,18-19H,8-11,13-16H2/t19-/m1/s1. The molecular formula is C22H26N2O3. The minimum Gasteiger partial charge on any atom is -0.467 e. The largest absolute Gasteiger partial charge is 0.467 e. The Morgan fingerprint density at radius 3 is 2.56 bits per heavy atom. The predicted molar refractivity (Wildman–Crippen MR) is 102 cm³/mol. The Kier molecular flexibility index (Phi) is 5.28. The minimum atomic E-state index is -0.210. The molecule has 142 valence electrons. The number of furan rings is 1. The maximum Gasteiger partial charge on any atom is 0.227 e.